The lowest BCUT2D eigenvalue weighted by Crippen LogP contribution is -2.61. The highest BCUT2D eigenvalue weighted by Gasteiger charge is 2.54. The number of rotatable bonds is 16. The topological polar surface area (TPSA) is 211 Å². The van der Waals surface area contributed by atoms with Gasteiger partial charge >= 0.3 is 5.97 Å². The number of benzene rings is 1. The van der Waals surface area contributed by atoms with Crippen molar-refractivity contribution in [2.24, 2.45) is 23.7 Å². The number of amides is 1. The van der Waals surface area contributed by atoms with Crippen LogP contribution in [0.4, 0.5) is 4.39 Å². The van der Waals surface area contributed by atoms with E-state index >= 15 is 0 Å². The van der Waals surface area contributed by atoms with Crippen LogP contribution in [0.15, 0.2) is 30.5 Å². The molecule has 0 radical (unpaired) electrons. The lowest BCUT2D eigenvalue weighted by Gasteiger charge is -2.51. The Balaban J connectivity index is 1.41. The van der Waals surface area contributed by atoms with Crippen LogP contribution in [0, 0.1) is 23.7 Å². The van der Waals surface area contributed by atoms with Crippen LogP contribution in [0.2, 0.25) is 0 Å². The van der Waals surface area contributed by atoms with Crippen molar-refractivity contribution in [1.29, 1.82) is 0 Å². The smallest absolute Gasteiger partial charge is 0.309 e. The molecule has 4 N–H and O–H groups in total. The Bertz CT molecular complexity index is 2080. The van der Waals surface area contributed by atoms with Gasteiger partial charge in [0.15, 0.2) is 6.29 Å². The molecule has 3 saturated heterocycles. The van der Waals surface area contributed by atoms with Crippen molar-refractivity contribution < 1.29 is 62.8 Å². The van der Waals surface area contributed by atoms with E-state index in [4.69, 9.17) is 28.4 Å². The Labute approximate surface area is 440 Å². The second-order valence-corrected chi connectivity index (χ2v) is 23.2. The number of aliphatic hydroxyl groups excluding tert-OH is 2. The van der Waals surface area contributed by atoms with Crippen molar-refractivity contribution >= 4 is 11.9 Å². The van der Waals surface area contributed by atoms with Crippen molar-refractivity contribution in [3.63, 3.8) is 0 Å². The Hall–Kier alpha value is -3.21. The minimum Gasteiger partial charge on any atom is -0.459 e. The van der Waals surface area contributed by atoms with Crippen LogP contribution in [0.25, 0.3) is 0 Å². The van der Waals surface area contributed by atoms with Gasteiger partial charge in [-0.25, -0.2) is 9.07 Å². The first-order valence-electron chi connectivity index (χ1n) is 26.8. The van der Waals surface area contributed by atoms with Gasteiger partial charge in [-0.1, -0.05) is 57.2 Å². The van der Waals surface area contributed by atoms with E-state index in [0.717, 1.165) is 11.1 Å². The Morgan fingerprint density at radius 2 is 1.64 bits per heavy atom. The maximum Gasteiger partial charge on any atom is 0.309 e. The number of nitrogens with zero attached hydrogens (tertiary/aromatic N) is 6. The fourth-order valence-electron chi connectivity index (χ4n) is 12.2. The molecule has 2 aromatic rings. The zero-order valence-electron chi connectivity index (χ0n) is 47.3. The lowest BCUT2D eigenvalue weighted by molar-refractivity contribution is -0.275. The summed E-state index contributed by atoms with van der Waals surface area (Å²) in [7, 11) is 10.4. The molecule has 422 valence electrons. The van der Waals surface area contributed by atoms with E-state index in [9.17, 15) is 34.4 Å². The largest absolute Gasteiger partial charge is 0.459 e. The summed E-state index contributed by atoms with van der Waals surface area (Å²) >= 11 is 0. The Kier molecular flexibility index (Phi) is 21.6. The first-order valence-corrected chi connectivity index (χ1v) is 26.8. The molecule has 1 unspecified atom stereocenters. The van der Waals surface area contributed by atoms with E-state index in [0.29, 0.717) is 38.0 Å². The van der Waals surface area contributed by atoms with Gasteiger partial charge in [-0.05, 0) is 97.9 Å². The van der Waals surface area contributed by atoms with Crippen molar-refractivity contribution in [2.75, 3.05) is 62.2 Å². The van der Waals surface area contributed by atoms with E-state index < -0.39 is 108 Å². The van der Waals surface area contributed by atoms with Gasteiger partial charge in [0.25, 0.3) is 0 Å². The summed E-state index contributed by atoms with van der Waals surface area (Å²) in [5, 5.41) is 56.7. The second kappa shape index (κ2) is 26.0. The second-order valence-electron chi connectivity index (χ2n) is 23.2. The number of cyclic esters (lactones) is 1. The van der Waals surface area contributed by atoms with E-state index in [-0.39, 0.29) is 49.7 Å². The molecule has 1 aromatic carbocycles. The standard InChI is InChI=1S/C55H93FN6O12/c1-17-44-55(10,68)49(64)36(6)61(14)30-32(2)27-53(8,67)51(34(4)47(35(5)52(66)73-44)43-28-54(9,70-16)50(65)37(7)72-43)74-46-26-41(24-33(3)71-46)60(13)23-22-40-31-62(58-57-40)42(29-56)48(69-15)39-20-18-38(19-21-39)25-45(63)59(11)12/h18-21,31-37,41-44,46-51,64-65,67-68H,17,22-30H2,1-16H3/t32-,33-,34+,35-,36-,37+,41+,42-,43?,44-,46+,47+,48-,49-,50+,51-,53-,54-,55-/m1/s1. The van der Waals surface area contributed by atoms with E-state index in [2.05, 4.69) is 15.2 Å². The third-order valence-corrected chi connectivity index (χ3v) is 16.9. The SMILES string of the molecule is CC[C@H]1OC(=O)[C@H](C)[C@@H](C2C[C@@](C)(OC)[C@@H](O)[C@H](C)O2)[C@H](C)[C@@H](O[C@H]2C[C@@H](N(C)CCc3cn([C@H](CF)[C@H](OC)c4ccc(CC(=O)N(C)C)cc4)nn3)C[C@@H](C)O2)[C@](C)(O)C[C@@H](C)CN(C)[C@H](C)[C@@H](O)[C@]1(C)O. The molecule has 19 atom stereocenters. The number of halogens is 1. The number of carbonyl (C=O) groups is 2. The van der Waals surface area contributed by atoms with E-state index in [1.165, 1.54) is 18.7 Å². The van der Waals surface area contributed by atoms with Gasteiger partial charge in [-0.15, -0.1) is 5.10 Å². The summed E-state index contributed by atoms with van der Waals surface area (Å²) in [5.41, 5.74) is -2.06. The minimum atomic E-state index is -1.80. The summed E-state index contributed by atoms with van der Waals surface area (Å²) in [6.45, 7) is 18.6. The number of likely N-dealkylation sites (N-methyl/N-ethyl adjacent to an activating group) is 3. The molecule has 1 aromatic heterocycles. The molecule has 0 spiro atoms. The predicted octanol–water partition coefficient (Wildman–Crippen LogP) is 4.94. The fourth-order valence-corrected chi connectivity index (χ4v) is 12.2. The van der Waals surface area contributed by atoms with E-state index in [1.54, 1.807) is 60.0 Å². The number of aromatic nitrogens is 3. The van der Waals surface area contributed by atoms with Gasteiger partial charge < -0.3 is 63.5 Å². The molecule has 0 saturated carbocycles. The van der Waals surface area contributed by atoms with Crippen molar-refractivity contribution in [3.8, 4) is 0 Å². The maximum atomic E-state index is 14.9. The molecular formula is C55H93FN6O12. The summed E-state index contributed by atoms with van der Waals surface area (Å²) in [6, 6.07) is 6.08. The number of alkyl halides is 1. The predicted molar refractivity (Wildman–Crippen MR) is 278 cm³/mol. The molecule has 4 heterocycles. The molecule has 3 aliphatic rings. The fraction of sp³-hybridized carbons (Fsp3) is 0.818. The molecule has 19 heteroatoms. The summed E-state index contributed by atoms with van der Waals surface area (Å²) in [6.07, 6.45) is -2.78. The molecule has 3 aliphatic heterocycles. The quantitative estimate of drug-likeness (QED) is 0.164. The molecular weight excluding hydrogens is 956 g/mol. The van der Waals surface area contributed by atoms with Crippen LogP contribution < -0.4 is 0 Å². The van der Waals surface area contributed by atoms with Gasteiger partial charge in [0.2, 0.25) is 5.91 Å². The van der Waals surface area contributed by atoms with Gasteiger partial charge in [0, 0.05) is 84.9 Å². The molecule has 3 fully saturated rings. The van der Waals surface area contributed by atoms with Crippen LogP contribution in [0.1, 0.15) is 130 Å². The number of esters is 1. The maximum absolute atomic E-state index is 14.9. The number of carbonyl (C=O) groups excluding carboxylic acids is 2. The molecule has 18 nitrogen and oxygen atoms in total. The molecule has 5 rings (SSSR count). The number of hydrogen-bond acceptors (Lipinski definition) is 16. The highest BCUT2D eigenvalue weighted by atomic mass is 19.1. The summed E-state index contributed by atoms with van der Waals surface area (Å²) < 4.78 is 54.8. The molecule has 0 aliphatic carbocycles. The van der Waals surface area contributed by atoms with Gasteiger partial charge in [-0.2, -0.15) is 0 Å². The van der Waals surface area contributed by atoms with Crippen LogP contribution in [0.3, 0.4) is 0 Å². The monoisotopic (exact) mass is 1050 g/mol. The Morgan fingerprint density at radius 1 is 0.973 bits per heavy atom. The average molecular weight is 1050 g/mol. The third-order valence-electron chi connectivity index (χ3n) is 16.9. The first kappa shape index (κ1) is 61.6. The van der Waals surface area contributed by atoms with Crippen molar-refractivity contribution in [2.45, 2.75) is 204 Å². The number of aliphatic hydroxyl groups is 4. The van der Waals surface area contributed by atoms with Gasteiger partial charge in [-0.3, -0.25) is 9.59 Å². The molecule has 74 heavy (non-hydrogen) atoms. The van der Waals surface area contributed by atoms with Gasteiger partial charge in [0.1, 0.15) is 42.7 Å². The zero-order valence-corrected chi connectivity index (χ0v) is 47.3. The average Bonchev–Trinajstić information content (AvgIpc) is 3.82. The highest BCUT2D eigenvalue weighted by Crippen LogP contribution is 2.45. The van der Waals surface area contributed by atoms with Crippen molar-refractivity contribution in [3.05, 3.63) is 47.3 Å². The third kappa shape index (κ3) is 14.5. The van der Waals surface area contributed by atoms with Crippen LogP contribution in [-0.4, -0.2) is 202 Å². The van der Waals surface area contributed by atoms with E-state index in [1.807, 2.05) is 77.9 Å². The zero-order chi connectivity index (χ0) is 55.2. The summed E-state index contributed by atoms with van der Waals surface area (Å²) in [4.78, 5) is 32.6. The molecule has 0 bridgehead atoms. The van der Waals surface area contributed by atoms with Crippen LogP contribution in [0.5, 0.6) is 0 Å². The number of hydrogen-bond donors (Lipinski definition) is 4. The number of ether oxygens (including phenoxy) is 6. The first-order chi connectivity index (χ1) is 34.6. The molecule has 1 amide bonds. The Morgan fingerprint density at radius 3 is 2.23 bits per heavy atom. The minimum absolute atomic E-state index is 0.0101. The number of methoxy groups -OCH3 is 2. The summed E-state index contributed by atoms with van der Waals surface area (Å²) in [5.74, 6) is -2.90. The van der Waals surface area contributed by atoms with Crippen molar-refractivity contribution in [1.82, 2.24) is 29.7 Å². The lowest BCUT2D eigenvalue weighted by atomic mass is 9.68. The normalized spacial score (nSPS) is 38.2. The van der Waals surface area contributed by atoms with Crippen LogP contribution >= 0.6 is 0 Å². The highest BCUT2D eigenvalue weighted by molar-refractivity contribution is 5.78. The van der Waals surface area contributed by atoms with Crippen LogP contribution in [-0.2, 0) is 50.9 Å². The van der Waals surface area contributed by atoms with Gasteiger partial charge in [0.05, 0.1) is 53.7 Å².